The molecule has 13 heteroatoms. The first kappa shape index (κ1) is 24.2. The summed E-state index contributed by atoms with van der Waals surface area (Å²) in [6.07, 6.45) is -1.61. The van der Waals surface area contributed by atoms with Crippen LogP contribution in [0.4, 0.5) is 32.0 Å². The highest BCUT2D eigenvalue weighted by molar-refractivity contribution is 9.10. The smallest absolute Gasteiger partial charge is 0.416 e. The third kappa shape index (κ3) is 4.40. The Balaban J connectivity index is 1.86. The monoisotopic (exact) mass is 549 g/mol. The summed E-state index contributed by atoms with van der Waals surface area (Å²) in [6.45, 7) is 0. The van der Waals surface area contributed by atoms with E-state index in [0.29, 0.717) is 12.8 Å². The molecular weight excluding hydrogens is 532 g/mol. The molecule has 0 saturated heterocycles. The first-order valence-corrected chi connectivity index (χ1v) is 10.9. The zero-order chi connectivity index (χ0) is 24.8. The Hall–Kier alpha value is -2.96. The summed E-state index contributed by atoms with van der Waals surface area (Å²) in [5.41, 5.74) is 9.33. The number of nitrogens with two attached hydrogens (primary N) is 2. The molecule has 1 saturated carbocycles. The van der Waals surface area contributed by atoms with Crippen molar-refractivity contribution in [2.45, 2.75) is 43.9 Å². The molecule has 2 aromatic rings. The van der Waals surface area contributed by atoms with E-state index >= 15 is 0 Å². The number of alkyl halides is 3. The highest BCUT2D eigenvalue weighted by Crippen LogP contribution is 2.47. The first-order valence-electron chi connectivity index (χ1n) is 10.1. The van der Waals surface area contributed by atoms with E-state index in [1.54, 1.807) is 0 Å². The molecule has 0 aromatic heterocycles. The number of ether oxygens (including phenoxy) is 1. The maximum Gasteiger partial charge on any atom is 0.416 e. The van der Waals surface area contributed by atoms with E-state index < -0.39 is 40.6 Å². The van der Waals surface area contributed by atoms with Gasteiger partial charge in [0.15, 0.2) is 23.1 Å². The number of anilines is 1. The molecule has 4 rings (SSSR count). The lowest BCUT2D eigenvalue weighted by Gasteiger charge is -2.46. The van der Waals surface area contributed by atoms with Crippen molar-refractivity contribution in [1.82, 2.24) is 0 Å². The van der Waals surface area contributed by atoms with Crippen molar-refractivity contribution in [2.75, 3.05) is 4.90 Å². The van der Waals surface area contributed by atoms with Gasteiger partial charge in [0.05, 0.1) is 15.7 Å². The van der Waals surface area contributed by atoms with Gasteiger partial charge < -0.3 is 16.2 Å². The fourth-order valence-corrected chi connectivity index (χ4v) is 4.71. The number of benzene rings is 2. The van der Waals surface area contributed by atoms with Crippen LogP contribution < -0.4 is 21.1 Å². The van der Waals surface area contributed by atoms with Gasteiger partial charge in [-0.25, -0.2) is 18.2 Å². The van der Waals surface area contributed by atoms with E-state index in [2.05, 4.69) is 25.9 Å². The van der Waals surface area contributed by atoms with Crippen LogP contribution in [0, 0.1) is 17.5 Å². The summed E-state index contributed by atoms with van der Waals surface area (Å²) >= 11 is 3.10. The molecule has 1 aliphatic carbocycles. The summed E-state index contributed by atoms with van der Waals surface area (Å²) in [7, 11) is 0. The summed E-state index contributed by atoms with van der Waals surface area (Å²) in [6, 6.07) is 2.20. The van der Waals surface area contributed by atoms with Crippen LogP contribution in [0.2, 0.25) is 0 Å². The van der Waals surface area contributed by atoms with Gasteiger partial charge in [-0.3, -0.25) is 4.90 Å². The second-order valence-corrected chi connectivity index (χ2v) is 8.78. The van der Waals surface area contributed by atoms with Crippen molar-refractivity contribution in [1.29, 1.82) is 0 Å². The van der Waals surface area contributed by atoms with Crippen LogP contribution in [0.1, 0.15) is 37.7 Å². The van der Waals surface area contributed by atoms with Crippen molar-refractivity contribution in [2.24, 2.45) is 21.5 Å². The van der Waals surface area contributed by atoms with Gasteiger partial charge >= 0.3 is 6.18 Å². The molecule has 0 bridgehead atoms. The number of rotatable bonds is 3. The van der Waals surface area contributed by atoms with E-state index in [4.69, 9.17) is 16.2 Å². The van der Waals surface area contributed by atoms with Gasteiger partial charge in [0, 0.05) is 6.07 Å². The number of guanidine groups is 2. The SMILES string of the molecule is NC1=NC2(CCCCC2)N(c2cc(F)cc(Br)c2Oc2c(F)cc(C(F)(F)F)cc2F)C(N)=N1. The maximum absolute atomic E-state index is 14.5. The van der Waals surface area contributed by atoms with Crippen LogP contribution in [-0.2, 0) is 6.18 Å². The van der Waals surface area contributed by atoms with E-state index in [-0.39, 0.29) is 40.0 Å². The number of hydrogen-bond donors (Lipinski definition) is 2. The molecule has 182 valence electrons. The van der Waals surface area contributed by atoms with Crippen molar-refractivity contribution < 1.29 is 31.1 Å². The molecule has 34 heavy (non-hydrogen) atoms. The Morgan fingerprint density at radius 1 is 0.941 bits per heavy atom. The number of aliphatic imine (C=N–C) groups is 2. The molecule has 1 aliphatic heterocycles. The molecule has 2 aromatic carbocycles. The van der Waals surface area contributed by atoms with Gasteiger partial charge in [0.1, 0.15) is 11.5 Å². The molecule has 0 atom stereocenters. The Bertz CT molecular complexity index is 1170. The van der Waals surface area contributed by atoms with Crippen LogP contribution in [0.25, 0.3) is 0 Å². The van der Waals surface area contributed by atoms with Crippen molar-refractivity contribution in [3.05, 3.63) is 51.8 Å². The van der Waals surface area contributed by atoms with E-state index in [9.17, 15) is 26.3 Å². The van der Waals surface area contributed by atoms with E-state index in [1.165, 1.54) is 4.90 Å². The van der Waals surface area contributed by atoms with E-state index in [0.717, 1.165) is 31.4 Å². The number of hydrogen-bond acceptors (Lipinski definition) is 6. The largest absolute Gasteiger partial charge is 0.448 e. The fourth-order valence-electron chi connectivity index (χ4n) is 4.21. The lowest BCUT2D eigenvalue weighted by atomic mass is 9.87. The Labute approximate surface area is 198 Å². The molecule has 2 aliphatic rings. The first-order chi connectivity index (χ1) is 15.9. The van der Waals surface area contributed by atoms with Gasteiger partial charge in [-0.05, 0) is 59.8 Å². The molecule has 0 unspecified atom stereocenters. The van der Waals surface area contributed by atoms with Crippen LogP contribution in [-0.4, -0.2) is 17.6 Å². The van der Waals surface area contributed by atoms with Gasteiger partial charge in [0.25, 0.3) is 0 Å². The number of halogens is 7. The second-order valence-electron chi connectivity index (χ2n) is 7.92. The summed E-state index contributed by atoms with van der Waals surface area (Å²) in [5, 5.41) is 0. The third-order valence-corrected chi connectivity index (χ3v) is 6.20. The molecule has 4 N–H and O–H groups in total. The molecule has 6 nitrogen and oxygen atoms in total. The van der Waals surface area contributed by atoms with Crippen LogP contribution in [0.5, 0.6) is 11.5 Å². The fraction of sp³-hybridized carbons (Fsp3) is 0.333. The molecule has 1 heterocycles. The third-order valence-electron chi connectivity index (χ3n) is 5.61. The van der Waals surface area contributed by atoms with Crippen LogP contribution in [0.15, 0.2) is 38.7 Å². The summed E-state index contributed by atoms with van der Waals surface area (Å²) in [4.78, 5) is 9.78. The Morgan fingerprint density at radius 3 is 2.15 bits per heavy atom. The van der Waals surface area contributed by atoms with Crippen molar-refractivity contribution >= 4 is 33.5 Å². The Kier molecular flexibility index (Phi) is 6.17. The molecular formula is C21H18BrF6N5O. The minimum absolute atomic E-state index is 0.0671. The molecule has 1 fully saturated rings. The average molecular weight is 550 g/mol. The molecule has 1 spiro atoms. The van der Waals surface area contributed by atoms with Gasteiger partial charge in [-0.2, -0.15) is 18.2 Å². The lowest BCUT2D eigenvalue weighted by molar-refractivity contribution is -0.138. The maximum atomic E-state index is 14.5. The predicted octanol–water partition coefficient (Wildman–Crippen LogP) is 5.79. The number of nitrogens with zero attached hydrogens (tertiary/aromatic N) is 3. The quantitative estimate of drug-likeness (QED) is 0.474. The predicted molar refractivity (Wildman–Crippen MR) is 117 cm³/mol. The lowest BCUT2D eigenvalue weighted by Crippen LogP contribution is -2.58. The van der Waals surface area contributed by atoms with Gasteiger partial charge in [-0.1, -0.05) is 6.42 Å². The summed E-state index contributed by atoms with van der Waals surface area (Å²) < 4.78 is 87.7. The Morgan fingerprint density at radius 2 is 1.56 bits per heavy atom. The highest BCUT2D eigenvalue weighted by atomic mass is 79.9. The zero-order valence-electron chi connectivity index (χ0n) is 17.4. The van der Waals surface area contributed by atoms with Gasteiger partial charge in [0.2, 0.25) is 11.9 Å². The normalized spacial score (nSPS) is 18.0. The minimum atomic E-state index is -4.97. The highest BCUT2D eigenvalue weighted by Gasteiger charge is 2.44. The topological polar surface area (TPSA) is 89.2 Å². The van der Waals surface area contributed by atoms with Gasteiger partial charge in [-0.15, -0.1) is 0 Å². The summed E-state index contributed by atoms with van der Waals surface area (Å²) in [5.74, 6) is -5.55. The van der Waals surface area contributed by atoms with Crippen molar-refractivity contribution in [3.63, 3.8) is 0 Å². The van der Waals surface area contributed by atoms with Crippen LogP contribution in [0.3, 0.4) is 0 Å². The second kappa shape index (κ2) is 8.67. The average Bonchev–Trinajstić information content (AvgIpc) is 2.71. The van der Waals surface area contributed by atoms with Crippen LogP contribution >= 0.6 is 15.9 Å². The van der Waals surface area contributed by atoms with Crippen molar-refractivity contribution in [3.8, 4) is 11.5 Å². The standard InChI is InChI=1S/C21H18BrF6N5O/c22-12-8-11(23)9-15(33-19(30)31-18(29)32-20(33)4-2-1-3-5-20)16(12)34-17-13(24)6-10(7-14(17)25)21(26,27)28/h6-9H,1-5H2,(H4,29,30,31,32). The minimum Gasteiger partial charge on any atom is -0.448 e. The van der Waals surface area contributed by atoms with E-state index in [1.807, 2.05) is 0 Å². The molecule has 0 amide bonds. The zero-order valence-corrected chi connectivity index (χ0v) is 19.0. The molecule has 0 radical (unpaired) electrons.